The fourth-order valence-electron chi connectivity index (χ4n) is 1.61. The quantitative estimate of drug-likeness (QED) is 0.565. The Kier molecular flexibility index (Phi) is 5.78. The first-order chi connectivity index (χ1) is 7.77. The predicted molar refractivity (Wildman–Crippen MR) is 66.3 cm³/mol. The number of aryl methyl sites for hydroxylation is 1. The van der Waals surface area contributed by atoms with Crippen molar-refractivity contribution in [3.05, 3.63) is 23.8 Å². The minimum Gasteiger partial charge on any atom is -0.317 e. The van der Waals surface area contributed by atoms with Crippen LogP contribution in [-0.2, 0) is 13.0 Å². The maximum atomic E-state index is 4.27. The largest absolute Gasteiger partial charge is 0.317 e. The first-order valence-electron chi connectivity index (χ1n) is 6.01. The highest BCUT2D eigenvalue weighted by Crippen LogP contribution is 2.05. The minimum absolute atomic E-state index is 0.889. The molecule has 0 aliphatic rings. The zero-order valence-electron chi connectivity index (χ0n) is 10.5. The molecule has 1 aromatic heterocycles. The fraction of sp³-hybridized carbons (Fsp3) is 0.667. The molecule has 1 aromatic rings. The van der Waals surface area contributed by atoms with Gasteiger partial charge in [0.1, 0.15) is 12.2 Å². The Balaban J connectivity index is 2.41. The van der Waals surface area contributed by atoms with E-state index in [4.69, 9.17) is 0 Å². The van der Waals surface area contributed by atoms with E-state index in [0.29, 0.717) is 0 Å². The van der Waals surface area contributed by atoms with E-state index in [1.165, 1.54) is 5.57 Å². The van der Waals surface area contributed by atoms with Gasteiger partial charge in [0.25, 0.3) is 0 Å². The molecule has 90 valence electrons. The molecule has 16 heavy (non-hydrogen) atoms. The van der Waals surface area contributed by atoms with E-state index in [1.807, 2.05) is 4.68 Å². The van der Waals surface area contributed by atoms with Gasteiger partial charge in [-0.1, -0.05) is 18.6 Å². The van der Waals surface area contributed by atoms with Crippen molar-refractivity contribution in [1.29, 1.82) is 0 Å². The van der Waals surface area contributed by atoms with Crippen LogP contribution in [0.1, 0.15) is 33.0 Å². The van der Waals surface area contributed by atoms with Crippen molar-refractivity contribution in [1.82, 2.24) is 20.1 Å². The number of hydrogen-bond acceptors (Lipinski definition) is 3. The molecule has 0 aliphatic heterocycles. The Bertz CT molecular complexity index is 328. The molecule has 4 nitrogen and oxygen atoms in total. The molecule has 0 aromatic carbocycles. The maximum absolute atomic E-state index is 4.27. The second-order valence-corrected chi connectivity index (χ2v) is 3.86. The topological polar surface area (TPSA) is 42.7 Å². The average molecular weight is 222 g/mol. The summed E-state index contributed by atoms with van der Waals surface area (Å²) < 4.78 is 1.95. The second kappa shape index (κ2) is 7.17. The van der Waals surface area contributed by atoms with Crippen LogP contribution in [0.4, 0.5) is 0 Å². The van der Waals surface area contributed by atoms with Crippen molar-refractivity contribution in [3.8, 4) is 0 Å². The molecule has 1 rings (SSSR count). The molecule has 0 atom stereocenters. The van der Waals surface area contributed by atoms with Crippen LogP contribution < -0.4 is 5.32 Å². The number of nitrogens with zero attached hydrogens (tertiary/aromatic N) is 3. The van der Waals surface area contributed by atoms with Crippen LogP contribution in [0.2, 0.25) is 0 Å². The van der Waals surface area contributed by atoms with E-state index in [2.05, 4.69) is 42.2 Å². The molecule has 0 radical (unpaired) electrons. The summed E-state index contributed by atoms with van der Waals surface area (Å²) in [6.45, 7) is 9.34. The number of nitrogens with one attached hydrogen (secondary N) is 1. The first kappa shape index (κ1) is 12.9. The van der Waals surface area contributed by atoms with Gasteiger partial charge in [0.15, 0.2) is 0 Å². The second-order valence-electron chi connectivity index (χ2n) is 3.86. The summed E-state index contributed by atoms with van der Waals surface area (Å²) in [6.07, 6.45) is 5.89. The normalized spacial score (nSPS) is 12.1. The average Bonchev–Trinajstić information content (AvgIpc) is 2.71. The summed E-state index contributed by atoms with van der Waals surface area (Å²) in [6, 6.07) is 0. The Morgan fingerprint density at radius 3 is 3.00 bits per heavy atom. The number of allylic oxidation sites excluding steroid dienone is 1. The van der Waals surface area contributed by atoms with Crippen molar-refractivity contribution in [2.75, 3.05) is 13.1 Å². The van der Waals surface area contributed by atoms with E-state index in [-0.39, 0.29) is 0 Å². The lowest BCUT2D eigenvalue weighted by atomic mass is 10.1. The number of hydrogen-bond donors (Lipinski definition) is 1. The summed E-state index contributed by atoms with van der Waals surface area (Å²) in [5.41, 5.74) is 1.36. The highest BCUT2D eigenvalue weighted by atomic mass is 15.3. The lowest BCUT2D eigenvalue weighted by Crippen LogP contribution is -2.13. The highest BCUT2D eigenvalue weighted by Gasteiger charge is 2.02. The van der Waals surface area contributed by atoms with Gasteiger partial charge in [0.05, 0.1) is 0 Å². The number of aromatic nitrogens is 3. The van der Waals surface area contributed by atoms with Gasteiger partial charge in [0.2, 0.25) is 0 Å². The monoisotopic (exact) mass is 222 g/mol. The molecular formula is C12H22N4. The smallest absolute Gasteiger partial charge is 0.138 e. The van der Waals surface area contributed by atoms with Gasteiger partial charge >= 0.3 is 0 Å². The van der Waals surface area contributed by atoms with E-state index in [0.717, 1.165) is 38.3 Å². The molecule has 0 bridgehead atoms. The van der Waals surface area contributed by atoms with Crippen LogP contribution in [0.25, 0.3) is 0 Å². The van der Waals surface area contributed by atoms with Gasteiger partial charge in [-0.2, -0.15) is 5.10 Å². The molecule has 0 aliphatic carbocycles. The summed E-state index contributed by atoms with van der Waals surface area (Å²) in [5.74, 6) is 1.06. The Morgan fingerprint density at radius 1 is 1.50 bits per heavy atom. The maximum Gasteiger partial charge on any atom is 0.138 e. The zero-order valence-corrected chi connectivity index (χ0v) is 10.5. The van der Waals surface area contributed by atoms with E-state index in [9.17, 15) is 0 Å². The molecule has 0 fully saturated rings. The summed E-state index contributed by atoms with van der Waals surface area (Å²) >= 11 is 0. The molecule has 1 heterocycles. The molecule has 4 heteroatoms. The first-order valence-corrected chi connectivity index (χ1v) is 6.01. The summed E-state index contributed by atoms with van der Waals surface area (Å²) in [5, 5.41) is 7.47. The van der Waals surface area contributed by atoms with Crippen LogP contribution in [0.3, 0.4) is 0 Å². The zero-order chi connectivity index (χ0) is 11.8. The minimum atomic E-state index is 0.889. The third-order valence-electron chi connectivity index (χ3n) is 2.50. The third-order valence-corrected chi connectivity index (χ3v) is 2.50. The van der Waals surface area contributed by atoms with Crippen LogP contribution in [-0.4, -0.2) is 27.9 Å². The van der Waals surface area contributed by atoms with Crippen molar-refractivity contribution in [2.45, 2.75) is 40.2 Å². The van der Waals surface area contributed by atoms with Gasteiger partial charge in [-0.25, -0.2) is 4.98 Å². The molecule has 0 unspecified atom stereocenters. The molecule has 0 saturated heterocycles. The van der Waals surface area contributed by atoms with E-state index in [1.54, 1.807) is 6.33 Å². The van der Waals surface area contributed by atoms with Gasteiger partial charge in [-0.15, -0.1) is 0 Å². The predicted octanol–water partition coefficient (Wildman–Crippen LogP) is 1.79. The van der Waals surface area contributed by atoms with Gasteiger partial charge < -0.3 is 5.32 Å². The van der Waals surface area contributed by atoms with Crippen molar-refractivity contribution in [2.24, 2.45) is 0 Å². The molecule has 1 N–H and O–H groups in total. The summed E-state index contributed by atoms with van der Waals surface area (Å²) in [4.78, 5) is 4.27. The van der Waals surface area contributed by atoms with Crippen LogP contribution in [0.5, 0.6) is 0 Å². The molecule has 0 amide bonds. The van der Waals surface area contributed by atoms with Crippen molar-refractivity contribution >= 4 is 0 Å². The standard InChI is InChI=1S/C12H22N4/c1-4-13-8-6-7-11(3)9-12-14-10-15-16(12)5-2/h7,10,13H,4-6,8-9H2,1-3H3. The number of rotatable bonds is 7. The lowest BCUT2D eigenvalue weighted by Gasteiger charge is -2.03. The van der Waals surface area contributed by atoms with Gasteiger partial charge in [-0.3, -0.25) is 4.68 Å². The Hall–Kier alpha value is -1.16. The van der Waals surface area contributed by atoms with Crippen molar-refractivity contribution in [3.63, 3.8) is 0 Å². The highest BCUT2D eigenvalue weighted by molar-refractivity contribution is 5.06. The third kappa shape index (κ3) is 4.14. The van der Waals surface area contributed by atoms with Gasteiger partial charge in [0, 0.05) is 13.0 Å². The van der Waals surface area contributed by atoms with Crippen LogP contribution in [0.15, 0.2) is 18.0 Å². The van der Waals surface area contributed by atoms with Crippen LogP contribution in [0, 0.1) is 0 Å². The lowest BCUT2D eigenvalue weighted by molar-refractivity contribution is 0.622. The molecular weight excluding hydrogens is 200 g/mol. The van der Waals surface area contributed by atoms with E-state index >= 15 is 0 Å². The van der Waals surface area contributed by atoms with Gasteiger partial charge in [-0.05, 0) is 33.4 Å². The molecule has 0 spiro atoms. The Morgan fingerprint density at radius 2 is 2.31 bits per heavy atom. The molecule has 0 saturated carbocycles. The SMILES string of the molecule is CCNCCC=C(C)Cc1ncnn1CC. The fourth-order valence-corrected chi connectivity index (χ4v) is 1.61. The van der Waals surface area contributed by atoms with Crippen molar-refractivity contribution < 1.29 is 0 Å². The van der Waals surface area contributed by atoms with Crippen LogP contribution >= 0.6 is 0 Å². The Labute approximate surface area is 97.8 Å². The summed E-state index contributed by atoms with van der Waals surface area (Å²) in [7, 11) is 0. The van der Waals surface area contributed by atoms with E-state index < -0.39 is 0 Å².